The fourth-order valence-electron chi connectivity index (χ4n) is 3.57. The average Bonchev–Trinajstić information content (AvgIpc) is 2.74. The van der Waals surface area contributed by atoms with Crippen LogP contribution in [0.25, 0.3) is 11.0 Å². The summed E-state index contributed by atoms with van der Waals surface area (Å²) >= 11 is 0. The molecule has 0 fully saturated rings. The molecule has 0 saturated heterocycles. The van der Waals surface area contributed by atoms with Gasteiger partial charge < -0.3 is 24.4 Å². The summed E-state index contributed by atoms with van der Waals surface area (Å²) < 4.78 is 46.5. The van der Waals surface area contributed by atoms with E-state index in [9.17, 15) is 18.8 Å². The molecule has 1 aromatic heterocycles. The van der Waals surface area contributed by atoms with Gasteiger partial charge in [-0.2, -0.15) is 14.0 Å². The minimum atomic E-state index is -3.04. The number of ether oxygens (including phenoxy) is 3. The third-order valence-corrected chi connectivity index (χ3v) is 4.79. The molecule has 0 unspecified atom stereocenters. The van der Waals surface area contributed by atoms with Gasteiger partial charge in [-0.3, -0.25) is 0 Å². The van der Waals surface area contributed by atoms with E-state index in [4.69, 9.17) is 19.6 Å². The van der Waals surface area contributed by atoms with Gasteiger partial charge in [0, 0.05) is 0 Å². The van der Waals surface area contributed by atoms with Gasteiger partial charge in [0.25, 0.3) is 0 Å². The molecule has 0 spiro atoms. The Labute approximate surface area is 174 Å². The number of para-hydroxylation sites is 1. The highest BCUT2D eigenvalue weighted by Gasteiger charge is 2.36. The van der Waals surface area contributed by atoms with Gasteiger partial charge in [-0.05, 0) is 36.8 Å². The number of allylic oxidation sites excluding steroid dienone is 1. The van der Waals surface area contributed by atoms with Crippen LogP contribution in [-0.2, 0) is 0 Å². The van der Waals surface area contributed by atoms with Crippen LogP contribution in [0.4, 0.5) is 8.78 Å². The van der Waals surface area contributed by atoms with Crippen LogP contribution in [-0.4, -0.2) is 13.2 Å². The fraction of sp³-hybridized carbons (Fsp3) is 0.182. The Morgan fingerprint density at radius 1 is 1.23 bits per heavy atom. The lowest BCUT2D eigenvalue weighted by molar-refractivity contribution is -0.0514. The van der Waals surface area contributed by atoms with E-state index in [1.165, 1.54) is 18.2 Å². The molecule has 1 aliphatic heterocycles. The number of hydrogen-bond donors (Lipinski definition) is 1. The minimum Gasteiger partial charge on any atom is -0.490 e. The van der Waals surface area contributed by atoms with Crippen molar-refractivity contribution in [1.82, 2.24) is 0 Å². The van der Waals surface area contributed by atoms with Crippen molar-refractivity contribution in [3.8, 4) is 23.3 Å². The molecular weight excluding hydrogens is 410 g/mol. The fourth-order valence-corrected chi connectivity index (χ4v) is 3.57. The van der Waals surface area contributed by atoms with Crippen LogP contribution in [0.3, 0.4) is 0 Å². The zero-order valence-electron chi connectivity index (χ0n) is 16.2. The Morgan fingerprint density at radius 2 is 2.00 bits per heavy atom. The normalized spacial score (nSPS) is 15.4. The molecule has 1 aliphatic rings. The zero-order chi connectivity index (χ0) is 22.1. The van der Waals surface area contributed by atoms with Crippen molar-refractivity contribution in [2.75, 3.05) is 6.61 Å². The summed E-state index contributed by atoms with van der Waals surface area (Å²) in [5, 5.41) is 10.2. The summed E-state index contributed by atoms with van der Waals surface area (Å²) in [5.74, 6) is -1.07. The van der Waals surface area contributed by atoms with Crippen LogP contribution < -0.4 is 25.6 Å². The lowest BCUT2D eigenvalue weighted by Gasteiger charge is -2.26. The standard InChI is InChI=1S/C22H16F2N2O5/c1-2-28-16-9-11(7-8-15(16)30-22(23)24)17-13(10-25)20(26)31-19-12-5-3-4-6-14(12)29-21(27)18(17)19/h3-9,17,22H,2,26H2,1H3/t17-/m0/s1. The number of halogens is 2. The lowest BCUT2D eigenvalue weighted by Crippen LogP contribution is -2.26. The van der Waals surface area contributed by atoms with Crippen molar-refractivity contribution >= 4 is 11.0 Å². The summed E-state index contributed by atoms with van der Waals surface area (Å²) in [6.07, 6.45) is 0. The van der Waals surface area contributed by atoms with Gasteiger partial charge in [0.05, 0.1) is 23.5 Å². The quantitative estimate of drug-likeness (QED) is 0.614. The molecule has 1 atom stereocenters. The van der Waals surface area contributed by atoms with Gasteiger partial charge in [0.15, 0.2) is 17.2 Å². The molecule has 0 saturated carbocycles. The van der Waals surface area contributed by atoms with Crippen LogP contribution in [0, 0.1) is 11.3 Å². The largest absolute Gasteiger partial charge is 0.490 e. The Morgan fingerprint density at radius 3 is 2.71 bits per heavy atom. The molecule has 2 N–H and O–H groups in total. The number of benzene rings is 2. The highest BCUT2D eigenvalue weighted by molar-refractivity contribution is 5.86. The first-order valence-corrected chi connectivity index (χ1v) is 9.29. The molecule has 158 valence electrons. The lowest BCUT2D eigenvalue weighted by atomic mass is 9.83. The maximum absolute atomic E-state index is 12.9. The predicted molar refractivity (Wildman–Crippen MR) is 106 cm³/mol. The number of nitriles is 1. The first-order chi connectivity index (χ1) is 14.9. The van der Waals surface area contributed by atoms with E-state index in [0.717, 1.165) is 0 Å². The number of fused-ring (bicyclic) bond motifs is 3. The highest BCUT2D eigenvalue weighted by Crippen LogP contribution is 2.45. The van der Waals surface area contributed by atoms with E-state index >= 15 is 0 Å². The second-order valence-corrected chi connectivity index (χ2v) is 6.57. The third-order valence-electron chi connectivity index (χ3n) is 4.79. The molecule has 0 radical (unpaired) electrons. The Balaban J connectivity index is 1.96. The zero-order valence-corrected chi connectivity index (χ0v) is 16.2. The van der Waals surface area contributed by atoms with Crippen molar-refractivity contribution in [1.29, 1.82) is 5.26 Å². The van der Waals surface area contributed by atoms with Crippen molar-refractivity contribution in [3.63, 3.8) is 0 Å². The van der Waals surface area contributed by atoms with Crippen LogP contribution in [0.5, 0.6) is 17.2 Å². The molecular formula is C22H16F2N2O5. The maximum atomic E-state index is 12.9. The number of nitrogens with zero attached hydrogens (tertiary/aromatic N) is 1. The second-order valence-electron chi connectivity index (χ2n) is 6.57. The molecule has 2 heterocycles. The summed E-state index contributed by atoms with van der Waals surface area (Å²) in [5.41, 5.74) is 6.07. The van der Waals surface area contributed by atoms with E-state index in [2.05, 4.69) is 4.74 Å². The SMILES string of the molecule is CCOc1cc([C@H]2C(C#N)=C(N)Oc3c2c(=O)oc2ccccc32)ccc1OC(F)F. The molecule has 9 heteroatoms. The molecule has 0 aliphatic carbocycles. The van der Waals surface area contributed by atoms with Gasteiger partial charge in [0.2, 0.25) is 5.88 Å². The summed E-state index contributed by atoms with van der Waals surface area (Å²) in [6.45, 7) is -1.18. The molecule has 31 heavy (non-hydrogen) atoms. The van der Waals surface area contributed by atoms with Gasteiger partial charge >= 0.3 is 12.2 Å². The Hall–Kier alpha value is -4.06. The summed E-state index contributed by atoms with van der Waals surface area (Å²) in [6, 6.07) is 12.9. The average molecular weight is 426 g/mol. The van der Waals surface area contributed by atoms with Crippen molar-refractivity contribution < 1.29 is 27.4 Å². The molecule has 7 nitrogen and oxygen atoms in total. The van der Waals surface area contributed by atoms with Crippen molar-refractivity contribution in [3.05, 3.63) is 75.5 Å². The molecule has 3 aromatic rings. The van der Waals surface area contributed by atoms with E-state index in [-0.39, 0.29) is 40.9 Å². The van der Waals surface area contributed by atoms with E-state index in [1.807, 2.05) is 6.07 Å². The monoisotopic (exact) mass is 426 g/mol. The third kappa shape index (κ3) is 3.53. The van der Waals surface area contributed by atoms with Gasteiger partial charge in [-0.25, -0.2) is 4.79 Å². The second kappa shape index (κ2) is 7.99. The number of alkyl halides is 2. The molecule has 0 amide bonds. The number of nitrogens with two attached hydrogens (primary N) is 1. The molecule has 0 bridgehead atoms. The van der Waals surface area contributed by atoms with E-state index in [1.54, 1.807) is 31.2 Å². The van der Waals surface area contributed by atoms with Gasteiger partial charge in [-0.15, -0.1) is 0 Å². The van der Waals surface area contributed by atoms with Gasteiger partial charge in [-0.1, -0.05) is 18.2 Å². The van der Waals surface area contributed by atoms with Crippen LogP contribution in [0.1, 0.15) is 24.0 Å². The highest BCUT2D eigenvalue weighted by atomic mass is 19.3. The summed E-state index contributed by atoms with van der Waals surface area (Å²) in [4.78, 5) is 12.9. The van der Waals surface area contributed by atoms with E-state index in [0.29, 0.717) is 16.5 Å². The number of rotatable bonds is 5. The number of hydrogen-bond acceptors (Lipinski definition) is 7. The van der Waals surface area contributed by atoms with Crippen LogP contribution in [0.2, 0.25) is 0 Å². The predicted octanol–water partition coefficient (Wildman–Crippen LogP) is 4.01. The van der Waals surface area contributed by atoms with E-state index < -0.39 is 18.2 Å². The van der Waals surface area contributed by atoms with Crippen LogP contribution >= 0.6 is 0 Å². The molecule has 2 aromatic carbocycles. The first-order valence-electron chi connectivity index (χ1n) is 9.29. The molecule has 4 rings (SSSR count). The van der Waals surface area contributed by atoms with Gasteiger partial charge in [0.1, 0.15) is 17.2 Å². The van der Waals surface area contributed by atoms with Crippen LogP contribution in [0.15, 0.2) is 63.1 Å². The Kier molecular flexibility index (Phi) is 5.21. The van der Waals surface area contributed by atoms with Crippen molar-refractivity contribution in [2.24, 2.45) is 5.73 Å². The summed E-state index contributed by atoms with van der Waals surface area (Å²) in [7, 11) is 0. The Bertz CT molecular complexity index is 1290. The van der Waals surface area contributed by atoms with Crippen molar-refractivity contribution in [2.45, 2.75) is 19.5 Å². The minimum absolute atomic E-state index is 0.0138. The first kappa shape index (κ1) is 20.2. The smallest absolute Gasteiger partial charge is 0.387 e. The maximum Gasteiger partial charge on any atom is 0.387 e. The topological polar surface area (TPSA) is 108 Å².